The Morgan fingerprint density at radius 1 is 1.00 bits per heavy atom. The molecule has 1 heterocycles. The van der Waals surface area contributed by atoms with Crippen molar-refractivity contribution in [2.45, 2.75) is 13.5 Å². The lowest BCUT2D eigenvalue weighted by atomic mass is 10.1. The minimum atomic E-state index is -0.502. The number of ketones is 1. The average molecular weight is 370 g/mol. The molecule has 4 aromatic rings. The van der Waals surface area contributed by atoms with E-state index in [0.29, 0.717) is 5.56 Å². The van der Waals surface area contributed by atoms with E-state index in [1.807, 2.05) is 18.2 Å². The Kier molecular flexibility index (Phi) is 4.49. The number of non-ortho nitro benzene ring substituents is 1. The topological polar surface area (TPSA) is 65.1 Å². The molecule has 0 spiro atoms. The maximum atomic E-state index is 12.4. The molecule has 0 aliphatic heterocycles. The molecule has 0 aliphatic carbocycles. The van der Waals surface area contributed by atoms with E-state index in [1.54, 1.807) is 12.1 Å². The number of nitrogens with zero attached hydrogens (tertiary/aromatic N) is 2. The molecule has 0 bridgehead atoms. The number of hydrogen-bond donors (Lipinski definition) is 0. The van der Waals surface area contributed by atoms with Gasteiger partial charge in [0.15, 0.2) is 5.78 Å². The molecule has 5 nitrogen and oxygen atoms in total. The fourth-order valence-electron chi connectivity index (χ4n) is 3.56. The highest BCUT2D eigenvalue weighted by molar-refractivity contribution is 6.10. The zero-order valence-corrected chi connectivity index (χ0v) is 15.3. The number of rotatable bonds is 5. The second-order valence-electron chi connectivity index (χ2n) is 6.54. The maximum absolute atomic E-state index is 12.4. The van der Waals surface area contributed by atoms with Crippen LogP contribution in [0.2, 0.25) is 0 Å². The van der Waals surface area contributed by atoms with Gasteiger partial charge in [-0.05, 0) is 36.8 Å². The number of fused-ring (bicyclic) bond motifs is 3. The zero-order valence-electron chi connectivity index (χ0n) is 15.3. The number of benzene rings is 3. The van der Waals surface area contributed by atoms with Crippen molar-refractivity contribution in [2.24, 2.45) is 0 Å². The van der Waals surface area contributed by atoms with E-state index in [1.165, 1.54) is 35.2 Å². The van der Waals surface area contributed by atoms with E-state index in [0.717, 1.165) is 23.0 Å². The van der Waals surface area contributed by atoms with Gasteiger partial charge in [-0.3, -0.25) is 14.9 Å². The summed E-state index contributed by atoms with van der Waals surface area (Å²) in [5.41, 5.74) is 3.46. The summed E-state index contributed by atoms with van der Waals surface area (Å²) >= 11 is 0. The molecule has 0 radical (unpaired) electrons. The van der Waals surface area contributed by atoms with E-state index < -0.39 is 4.92 Å². The summed E-state index contributed by atoms with van der Waals surface area (Å²) in [5.74, 6) is -0.264. The number of aromatic nitrogens is 1. The molecular weight excluding hydrogens is 352 g/mol. The summed E-state index contributed by atoms with van der Waals surface area (Å²) in [6.07, 6.45) is 3.21. The summed E-state index contributed by atoms with van der Waals surface area (Å²) in [6, 6.07) is 20.2. The van der Waals surface area contributed by atoms with Gasteiger partial charge in [-0.25, -0.2) is 0 Å². The molecular formula is C23H18N2O3. The molecule has 28 heavy (non-hydrogen) atoms. The predicted molar refractivity (Wildman–Crippen MR) is 112 cm³/mol. The Hall–Kier alpha value is -3.73. The Bertz CT molecular complexity index is 1250. The van der Waals surface area contributed by atoms with Gasteiger partial charge in [0.1, 0.15) is 0 Å². The number of carbonyl (C=O) groups excluding carboxylic acids is 1. The third-order valence-corrected chi connectivity index (χ3v) is 4.88. The first kappa shape index (κ1) is 17.7. The summed E-state index contributed by atoms with van der Waals surface area (Å²) in [7, 11) is 0. The fraction of sp³-hybridized carbons (Fsp3) is 0.0870. The lowest BCUT2D eigenvalue weighted by Crippen LogP contribution is -1.96. The van der Waals surface area contributed by atoms with Crippen molar-refractivity contribution in [3.8, 4) is 0 Å². The summed E-state index contributed by atoms with van der Waals surface area (Å²) in [4.78, 5) is 22.8. The van der Waals surface area contributed by atoms with Crippen LogP contribution in [0.5, 0.6) is 0 Å². The van der Waals surface area contributed by atoms with Crippen molar-refractivity contribution in [1.82, 2.24) is 4.57 Å². The third kappa shape index (κ3) is 3.07. The van der Waals surface area contributed by atoms with E-state index >= 15 is 0 Å². The van der Waals surface area contributed by atoms with E-state index in [-0.39, 0.29) is 11.5 Å². The van der Waals surface area contributed by atoms with Gasteiger partial charge < -0.3 is 4.57 Å². The molecule has 0 fully saturated rings. The molecule has 5 heteroatoms. The van der Waals surface area contributed by atoms with Crippen LogP contribution in [0.4, 0.5) is 5.69 Å². The standard InChI is InChI=1S/C23H18N2O3/c1-2-24-21-9-4-3-8-19(21)20-14-16(10-12-22(20)24)11-13-23(26)17-6-5-7-18(15-17)25(27)28/h3-15H,2H2,1H3/b13-11+. The molecule has 0 aliphatic rings. The van der Waals surface area contributed by atoms with Gasteiger partial charge in [0.25, 0.3) is 5.69 Å². The summed E-state index contributed by atoms with van der Waals surface area (Å²) in [6.45, 7) is 3.00. The molecule has 138 valence electrons. The number of carbonyl (C=O) groups is 1. The Balaban J connectivity index is 1.70. The molecule has 0 unspecified atom stereocenters. The van der Waals surface area contributed by atoms with Gasteiger partial charge in [-0.15, -0.1) is 0 Å². The molecule has 4 rings (SSSR count). The van der Waals surface area contributed by atoms with Crippen LogP contribution in [0.3, 0.4) is 0 Å². The van der Waals surface area contributed by atoms with Crippen LogP contribution < -0.4 is 0 Å². The van der Waals surface area contributed by atoms with Crippen LogP contribution in [-0.2, 0) is 6.54 Å². The van der Waals surface area contributed by atoms with Gasteiger partial charge in [-0.1, -0.05) is 42.5 Å². The van der Waals surface area contributed by atoms with Crippen molar-refractivity contribution < 1.29 is 9.72 Å². The van der Waals surface area contributed by atoms with Crippen LogP contribution in [0.15, 0.2) is 72.8 Å². The minimum Gasteiger partial charge on any atom is -0.341 e. The summed E-state index contributed by atoms with van der Waals surface area (Å²) in [5, 5.41) is 13.2. The zero-order chi connectivity index (χ0) is 19.7. The molecule has 0 N–H and O–H groups in total. The van der Waals surface area contributed by atoms with Crippen LogP contribution in [0.1, 0.15) is 22.8 Å². The third-order valence-electron chi connectivity index (χ3n) is 4.88. The predicted octanol–water partition coefficient (Wildman–Crippen LogP) is 5.62. The first-order chi connectivity index (χ1) is 13.6. The number of para-hydroxylation sites is 1. The smallest absolute Gasteiger partial charge is 0.270 e. The first-order valence-corrected chi connectivity index (χ1v) is 9.06. The monoisotopic (exact) mass is 370 g/mol. The lowest BCUT2D eigenvalue weighted by molar-refractivity contribution is -0.384. The van der Waals surface area contributed by atoms with Crippen molar-refractivity contribution in [2.75, 3.05) is 0 Å². The largest absolute Gasteiger partial charge is 0.341 e. The summed E-state index contributed by atoms with van der Waals surface area (Å²) < 4.78 is 2.27. The highest BCUT2D eigenvalue weighted by Gasteiger charge is 2.11. The van der Waals surface area contributed by atoms with E-state index in [2.05, 4.69) is 35.8 Å². The highest BCUT2D eigenvalue weighted by Crippen LogP contribution is 2.30. The lowest BCUT2D eigenvalue weighted by Gasteiger charge is -2.02. The second-order valence-corrected chi connectivity index (χ2v) is 6.54. The molecule has 0 saturated carbocycles. The van der Waals surface area contributed by atoms with Crippen molar-refractivity contribution in [3.05, 3.63) is 94.0 Å². The normalized spacial score (nSPS) is 11.5. The van der Waals surface area contributed by atoms with Gasteiger partial charge in [0, 0.05) is 46.0 Å². The molecule has 0 saturated heterocycles. The number of allylic oxidation sites excluding steroid dienone is 1. The van der Waals surface area contributed by atoms with Crippen molar-refractivity contribution in [1.29, 1.82) is 0 Å². The van der Waals surface area contributed by atoms with E-state index in [9.17, 15) is 14.9 Å². The molecule has 0 amide bonds. The SMILES string of the molecule is CCn1c2ccccc2c2cc(/C=C/C(=O)c3cccc([N+](=O)[O-])c3)ccc21. The van der Waals surface area contributed by atoms with Crippen LogP contribution in [0.25, 0.3) is 27.9 Å². The number of aryl methyl sites for hydroxylation is 1. The van der Waals surface area contributed by atoms with Gasteiger partial charge in [-0.2, -0.15) is 0 Å². The van der Waals surface area contributed by atoms with Crippen LogP contribution in [0, 0.1) is 10.1 Å². The quantitative estimate of drug-likeness (QED) is 0.198. The maximum Gasteiger partial charge on any atom is 0.270 e. The number of hydrogen-bond acceptors (Lipinski definition) is 3. The second kappa shape index (κ2) is 7.12. The Morgan fingerprint density at radius 2 is 1.79 bits per heavy atom. The number of nitro benzene ring substituents is 1. The van der Waals surface area contributed by atoms with Gasteiger partial charge in [0.05, 0.1) is 4.92 Å². The van der Waals surface area contributed by atoms with Gasteiger partial charge >= 0.3 is 0 Å². The van der Waals surface area contributed by atoms with Crippen LogP contribution in [-0.4, -0.2) is 15.3 Å². The number of nitro groups is 1. The molecule has 3 aromatic carbocycles. The Morgan fingerprint density at radius 3 is 2.57 bits per heavy atom. The van der Waals surface area contributed by atoms with E-state index in [4.69, 9.17) is 0 Å². The highest BCUT2D eigenvalue weighted by atomic mass is 16.6. The van der Waals surface area contributed by atoms with Gasteiger partial charge in [0.2, 0.25) is 0 Å². The van der Waals surface area contributed by atoms with Crippen molar-refractivity contribution in [3.63, 3.8) is 0 Å². The van der Waals surface area contributed by atoms with Crippen LogP contribution >= 0.6 is 0 Å². The van der Waals surface area contributed by atoms with Crippen molar-refractivity contribution >= 4 is 39.4 Å². The molecule has 0 atom stereocenters. The fourth-order valence-corrected chi connectivity index (χ4v) is 3.56. The minimum absolute atomic E-state index is 0.0898. The average Bonchev–Trinajstić information content (AvgIpc) is 3.05. The Labute approximate surface area is 161 Å². The molecule has 1 aromatic heterocycles. The first-order valence-electron chi connectivity index (χ1n) is 9.06.